The van der Waals surface area contributed by atoms with Gasteiger partial charge in [0.05, 0.1) is 4.53 Å². The van der Waals surface area contributed by atoms with Crippen LogP contribution in [0.1, 0.15) is 19.4 Å². The van der Waals surface area contributed by atoms with Gasteiger partial charge in [-0.1, -0.05) is 18.2 Å². The molecule has 1 amide bonds. The van der Waals surface area contributed by atoms with Crippen molar-refractivity contribution in [2.75, 3.05) is 13.1 Å². The number of carbonyl (C=O) groups excluding carboxylic acids is 1. The van der Waals surface area contributed by atoms with E-state index in [2.05, 4.69) is 6.58 Å². The fourth-order valence-electron chi connectivity index (χ4n) is 2.60. The molecular weight excluding hydrogens is 365 g/mol. The minimum Gasteiger partial charge on any atom is -0.338 e. The van der Waals surface area contributed by atoms with Gasteiger partial charge in [0.2, 0.25) is 0 Å². The van der Waals surface area contributed by atoms with Gasteiger partial charge in [-0.25, -0.2) is 4.39 Å². The molecule has 1 aromatic heterocycles. The molecule has 0 saturated carbocycles. The summed E-state index contributed by atoms with van der Waals surface area (Å²) in [5.74, 6) is -0.827. The van der Waals surface area contributed by atoms with E-state index in [0.29, 0.717) is 23.2 Å². The topological polar surface area (TPSA) is 66.1 Å². The van der Waals surface area contributed by atoms with Gasteiger partial charge in [0.15, 0.2) is 5.57 Å². The van der Waals surface area contributed by atoms with Crippen LogP contribution < -0.4 is 14.8 Å². The lowest BCUT2D eigenvalue weighted by Crippen LogP contribution is -2.36. The fraction of sp³-hybridized carbons (Fsp3) is 0.250. The SMILES string of the molecule is C=CCn1c(=O)/c(=C/c2cccc(F)c2)s/c1=C(/C#N)C(=O)N(CC)CC. The summed E-state index contributed by atoms with van der Waals surface area (Å²) in [5, 5.41) is 9.58. The molecular formula is C20H20FN3O2S. The van der Waals surface area contributed by atoms with Crippen LogP contribution in [0.5, 0.6) is 0 Å². The molecule has 0 N–H and O–H groups in total. The van der Waals surface area contributed by atoms with Gasteiger partial charge in [0, 0.05) is 19.6 Å². The first kappa shape index (κ1) is 20.3. The number of hydrogen-bond donors (Lipinski definition) is 0. The van der Waals surface area contributed by atoms with Crippen molar-refractivity contribution >= 4 is 28.9 Å². The van der Waals surface area contributed by atoms with Gasteiger partial charge in [-0.2, -0.15) is 5.26 Å². The zero-order valence-corrected chi connectivity index (χ0v) is 16.1. The molecule has 0 unspecified atom stereocenters. The third-order valence-electron chi connectivity index (χ3n) is 3.96. The number of aromatic nitrogens is 1. The summed E-state index contributed by atoms with van der Waals surface area (Å²) in [5.41, 5.74) is 0.0973. The van der Waals surface area contributed by atoms with E-state index >= 15 is 0 Å². The van der Waals surface area contributed by atoms with Crippen molar-refractivity contribution in [3.63, 3.8) is 0 Å². The van der Waals surface area contributed by atoms with Crippen molar-refractivity contribution < 1.29 is 9.18 Å². The molecule has 0 bridgehead atoms. The van der Waals surface area contributed by atoms with Gasteiger partial charge in [0.25, 0.3) is 11.5 Å². The first-order valence-corrected chi connectivity index (χ1v) is 9.29. The van der Waals surface area contributed by atoms with Crippen molar-refractivity contribution in [3.05, 3.63) is 67.9 Å². The first-order chi connectivity index (χ1) is 13.0. The minimum absolute atomic E-state index is 0.0819. The second kappa shape index (κ2) is 9.10. The van der Waals surface area contributed by atoms with Crippen LogP contribution in [0.25, 0.3) is 11.6 Å². The van der Waals surface area contributed by atoms with E-state index in [1.165, 1.54) is 27.7 Å². The number of nitriles is 1. The predicted molar refractivity (Wildman–Crippen MR) is 105 cm³/mol. The third-order valence-corrected chi connectivity index (χ3v) is 5.09. The highest BCUT2D eigenvalue weighted by molar-refractivity contribution is 7.07. The Hall–Kier alpha value is -2.98. The third kappa shape index (κ3) is 4.41. The van der Waals surface area contributed by atoms with E-state index in [1.54, 1.807) is 18.2 Å². The summed E-state index contributed by atoms with van der Waals surface area (Å²) in [7, 11) is 0. The molecule has 0 fully saturated rings. The average Bonchev–Trinajstić information content (AvgIpc) is 2.93. The van der Waals surface area contributed by atoms with E-state index < -0.39 is 11.7 Å². The number of allylic oxidation sites excluding steroid dienone is 1. The summed E-state index contributed by atoms with van der Waals surface area (Å²) >= 11 is 1.04. The van der Waals surface area contributed by atoms with E-state index in [1.807, 2.05) is 19.9 Å². The van der Waals surface area contributed by atoms with Crippen molar-refractivity contribution in [1.82, 2.24) is 9.47 Å². The van der Waals surface area contributed by atoms with Crippen LogP contribution in [-0.2, 0) is 11.3 Å². The van der Waals surface area contributed by atoms with E-state index in [-0.39, 0.29) is 22.3 Å². The second-order valence-electron chi connectivity index (χ2n) is 5.64. The van der Waals surface area contributed by atoms with Crippen molar-refractivity contribution in [2.45, 2.75) is 20.4 Å². The van der Waals surface area contributed by atoms with Crippen LogP contribution in [-0.4, -0.2) is 28.5 Å². The lowest BCUT2D eigenvalue weighted by Gasteiger charge is -2.17. The van der Waals surface area contributed by atoms with Crippen LogP contribution in [0.2, 0.25) is 0 Å². The average molecular weight is 385 g/mol. The number of nitrogens with zero attached hydrogens (tertiary/aromatic N) is 3. The molecule has 0 aliphatic rings. The summed E-state index contributed by atoms with van der Waals surface area (Å²) in [6.45, 7) is 8.37. The minimum atomic E-state index is -0.418. The quantitative estimate of drug-likeness (QED) is 0.710. The van der Waals surface area contributed by atoms with Crippen LogP contribution in [0.4, 0.5) is 4.39 Å². The Labute approximate surface area is 160 Å². The normalized spacial score (nSPS) is 12.4. The zero-order chi connectivity index (χ0) is 20.0. The zero-order valence-electron chi connectivity index (χ0n) is 15.2. The standard InChI is InChI=1S/C20H20FN3O2S/c1-4-10-24-19(26)17(12-14-8-7-9-15(21)11-14)27-20(24)16(13-22)18(25)23(5-2)6-3/h4,7-9,11-12H,1,5-6,10H2,2-3H3/b17-12-,20-16-. The van der Waals surface area contributed by atoms with Gasteiger partial charge in [-0.05, 0) is 37.6 Å². The maximum atomic E-state index is 13.4. The van der Waals surface area contributed by atoms with E-state index in [4.69, 9.17) is 0 Å². The molecule has 1 aromatic carbocycles. The van der Waals surface area contributed by atoms with Gasteiger partial charge in [-0.3, -0.25) is 14.2 Å². The van der Waals surface area contributed by atoms with Gasteiger partial charge >= 0.3 is 0 Å². The van der Waals surface area contributed by atoms with Crippen LogP contribution in [0, 0.1) is 17.1 Å². The lowest BCUT2D eigenvalue weighted by atomic mass is 10.2. The summed E-state index contributed by atoms with van der Waals surface area (Å²) < 4.78 is 15.4. The Morgan fingerprint density at radius 3 is 2.67 bits per heavy atom. The highest BCUT2D eigenvalue weighted by Crippen LogP contribution is 2.04. The molecule has 2 rings (SSSR count). The number of halogens is 1. The smallest absolute Gasteiger partial charge is 0.269 e. The molecule has 2 aromatic rings. The Balaban J connectivity index is 2.80. The molecule has 0 aliphatic carbocycles. The Morgan fingerprint density at radius 2 is 2.11 bits per heavy atom. The Kier molecular flexibility index (Phi) is 6.85. The van der Waals surface area contributed by atoms with Crippen molar-refractivity contribution in [1.29, 1.82) is 5.26 Å². The number of amides is 1. The Morgan fingerprint density at radius 1 is 1.41 bits per heavy atom. The number of carbonyl (C=O) groups is 1. The molecule has 0 aliphatic heterocycles. The highest BCUT2D eigenvalue weighted by atomic mass is 32.1. The number of benzene rings is 1. The molecule has 5 nitrogen and oxygen atoms in total. The largest absolute Gasteiger partial charge is 0.338 e. The van der Waals surface area contributed by atoms with Gasteiger partial charge in [-0.15, -0.1) is 17.9 Å². The Bertz CT molecular complexity index is 1070. The molecule has 0 radical (unpaired) electrons. The van der Waals surface area contributed by atoms with Crippen LogP contribution >= 0.6 is 11.3 Å². The van der Waals surface area contributed by atoms with E-state index in [0.717, 1.165) is 11.3 Å². The lowest BCUT2D eigenvalue weighted by molar-refractivity contribution is -0.124. The molecule has 1 heterocycles. The molecule has 140 valence electrons. The summed E-state index contributed by atoms with van der Waals surface area (Å²) in [6, 6.07) is 7.80. The van der Waals surface area contributed by atoms with E-state index in [9.17, 15) is 19.2 Å². The highest BCUT2D eigenvalue weighted by Gasteiger charge is 2.19. The first-order valence-electron chi connectivity index (χ1n) is 8.48. The fourth-order valence-corrected chi connectivity index (χ4v) is 3.71. The van der Waals surface area contributed by atoms with Gasteiger partial charge in [0.1, 0.15) is 16.5 Å². The summed E-state index contributed by atoms with van der Waals surface area (Å²) in [6.07, 6.45) is 3.08. The molecule has 27 heavy (non-hydrogen) atoms. The molecule has 0 atom stereocenters. The summed E-state index contributed by atoms with van der Waals surface area (Å²) in [4.78, 5) is 27.0. The number of hydrogen-bond acceptors (Lipinski definition) is 4. The number of thiazole rings is 1. The molecule has 0 spiro atoms. The van der Waals surface area contributed by atoms with Crippen LogP contribution in [0.3, 0.4) is 0 Å². The second-order valence-corrected chi connectivity index (χ2v) is 6.67. The van der Waals surface area contributed by atoms with Crippen molar-refractivity contribution in [3.8, 4) is 6.07 Å². The van der Waals surface area contributed by atoms with Gasteiger partial charge < -0.3 is 4.90 Å². The number of rotatable bonds is 6. The maximum absolute atomic E-state index is 13.4. The predicted octanol–water partition coefficient (Wildman–Crippen LogP) is 1.61. The monoisotopic (exact) mass is 385 g/mol. The molecule has 7 heteroatoms. The van der Waals surface area contributed by atoms with Crippen LogP contribution in [0.15, 0.2) is 41.7 Å². The maximum Gasteiger partial charge on any atom is 0.269 e. The molecule has 0 saturated heterocycles. The van der Waals surface area contributed by atoms with Crippen molar-refractivity contribution in [2.24, 2.45) is 0 Å².